The van der Waals surface area contributed by atoms with Gasteiger partial charge in [-0.25, -0.2) is 4.98 Å². The Labute approximate surface area is 106 Å². The Morgan fingerprint density at radius 2 is 2.06 bits per heavy atom. The smallest absolute Gasteiger partial charge is 0.181 e. The Bertz CT molecular complexity index is 549. The van der Waals surface area contributed by atoms with Crippen LogP contribution < -0.4 is 4.74 Å². The van der Waals surface area contributed by atoms with Crippen molar-refractivity contribution in [3.63, 3.8) is 0 Å². The molecule has 1 aromatic carbocycles. The third kappa shape index (κ3) is 2.36. The fourth-order valence-corrected chi connectivity index (χ4v) is 1.75. The average Bonchev–Trinajstić information content (AvgIpc) is 2.72. The van der Waals surface area contributed by atoms with Crippen LogP contribution in [-0.4, -0.2) is 29.0 Å². The molecule has 0 amide bonds. The number of methoxy groups -OCH3 is 2. The molecule has 0 aliphatic heterocycles. The second kappa shape index (κ2) is 5.18. The molecule has 0 radical (unpaired) electrons. The first-order valence-electron chi connectivity index (χ1n) is 5.69. The maximum Gasteiger partial charge on any atom is 0.181 e. The Morgan fingerprint density at radius 1 is 1.28 bits per heavy atom. The Morgan fingerprint density at radius 3 is 2.72 bits per heavy atom. The molecule has 1 aromatic heterocycles. The van der Waals surface area contributed by atoms with E-state index in [-0.39, 0.29) is 0 Å². The van der Waals surface area contributed by atoms with E-state index in [0.717, 1.165) is 22.7 Å². The highest BCUT2D eigenvalue weighted by molar-refractivity contribution is 5.59. The van der Waals surface area contributed by atoms with Crippen molar-refractivity contribution >= 4 is 0 Å². The number of nitrogens with zero attached hydrogens (tertiary/aromatic N) is 3. The number of ether oxygens (including phenoxy) is 2. The van der Waals surface area contributed by atoms with Gasteiger partial charge in [-0.3, -0.25) is 4.68 Å². The quantitative estimate of drug-likeness (QED) is 0.828. The van der Waals surface area contributed by atoms with Crippen molar-refractivity contribution in [2.75, 3.05) is 14.2 Å². The van der Waals surface area contributed by atoms with Crippen molar-refractivity contribution in [3.8, 4) is 17.1 Å². The van der Waals surface area contributed by atoms with Crippen molar-refractivity contribution in [1.29, 1.82) is 0 Å². The first-order chi connectivity index (χ1) is 8.65. The van der Waals surface area contributed by atoms with E-state index in [1.54, 1.807) is 18.9 Å². The lowest BCUT2D eigenvalue weighted by molar-refractivity contribution is 0.174. The predicted molar refractivity (Wildman–Crippen MR) is 68.4 cm³/mol. The summed E-state index contributed by atoms with van der Waals surface area (Å²) < 4.78 is 12.1. The van der Waals surface area contributed by atoms with E-state index in [1.807, 2.05) is 32.2 Å². The van der Waals surface area contributed by atoms with Gasteiger partial charge in [0.15, 0.2) is 11.6 Å². The highest BCUT2D eigenvalue weighted by Crippen LogP contribution is 2.24. The summed E-state index contributed by atoms with van der Waals surface area (Å²) in [7, 11) is 5.16. The van der Waals surface area contributed by atoms with Gasteiger partial charge in [-0.15, -0.1) is 0 Å². The van der Waals surface area contributed by atoms with Crippen molar-refractivity contribution in [2.24, 2.45) is 7.05 Å². The second-order valence-corrected chi connectivity index (χ2v) is 4.09. The molecule has 0 N–H and O–H groups in total. The summed E-state index contributed by atoms with van der Waals surface area (Å²) in [5, 5.41) is 4.37. The lowest BCUT2D eigenvalue weighted by Gasteiger charge is -2.05. The Kier molecular flexibility index (Phi) is 3.62. The van der Waals surface area contributed by atoms with Crippen LogP contribution in [0.2, 0.25) is 0 Å². The van der Waals surface area contributed by atoms with E-state index in [4.69, 9.17) is 9.47 Å². The maximum atomic E-state index is 5.30. The van der Waals surface area contributed by atoms with Gasteiger partial charge in [0, 0.05) is 19.7 Å². The number of benzene rings is 1. The number of rotatable bonds is 4. The van der Waals surface area contributed by atoms with Gasteiger partial charge in [0.25, 0.3) is 0 Å². The van der Waals surface area contributed by atoms with E-state index < -0.39 is 0 Å². The zero-order valence-corrected chi connectivity index (χ0v) is 11.1. The van der Waals surface area contributed by atoms with Crippen LogP contribution in [0.5, 0.6) is 5.75 Å². The summed E-state index contributed by atoms with van der Waals surface area (Å²) in [6.07, 6.45) is 0. The van der Waals surface area contributed by atoms with Gasteiger partial charge < -0.3 is 9.47 Å². The van der Waals surface area contributed by atoms with Crippen LogP contribution in [0, 0.1) is 6.92 Å². The van der Waals surface area contributed by atoms with Gasteiger partial charge in [0.1, 0.15) is 12.4 Å². The zero-order chi connectivity index (χ0) is 13.1. The molecule has 2 rings (SSSR count). The summed E-state index contributed by atoms with van der Waals surface area (Å²) in [5.74, 6) is 2.32. The monoisotopic (exact) mass is 247 g/mol. The zero-order valence-electron chi connectivity index (χ0n) is 11.1. The number of hydrogen-bond acceptors (Lipinski definition) is 4. The third-order valence-corrected chi connectivity index (χ3v) is 2.79. The molecule has 0 spiro atoms. The maximum absolute atomic E-state index is 5.30. The van der Waals surface area contributed by atoms with Crippen molar-refractivity contribution in [1.82, 2.24) is 14.8 Å². The lowest BCUT2D eigenvalue weighted by atomic mass is 10.1. The minimum atomic E-state index is 0.451. The third-order valence-electron chi connectivity index (χ3n) is 2.79. The molecule has 5 nitrogen and oxygen atoms in total. The van der Waals surface area contributed by atoms with Crippen molar-refractivity contribution in [3.05, 3.63) is 29.6 Å². The molecular weight excluding hydrogens is 230 g/mol. The van der Waals surface area contributed by atoms with E-state index in [2.05, 4.69) is 10.1 Å². The van der Waals surface area contributed by atoms with Crippen LogP contribution in [-0.2, 0) is 18.4 Å². The molecule has 0 fully saturated rings. The van der Waals surface area contributed by atoms with Crippen LogP contribution in [0.15, 0.2) is 18.2 Å². The molecule has 0 aliphatic carbocycles. The van der Waals surface area contributed by atoms with Gasteiger partial charge in [-0.1, -0.05) is 12.1 Å². The number of aryl methyl sites for hydroxylation is 2. The SMILES string of the molecule is COCc1nc(-c2ccc(C)c(OC)c2)nn1C. The van der Waals surface area contributed by atoms with Crippen LogP contribution in [0.3, 0.4) is 0 Å². The molecule has 2 aromatic rings. The Hall–Kier alpha value is -1.88. The summed E-state index contributed by atoms with van der Waals surface area (Å²) in [5.41, 5.74) is 2.03. The minimum absolute atomic E-state index is 0.451. The molecule has 5 heteroatoms. The molecule has 18 heavy (non-hydrogen) atoms. The molecule has 0 saturated heterocycles. The fraction of sp³-hybridized carbons (Fsp3) is 0.385. The minimum Gasteiger partial charge on any atom is -0.496 e. The Balaban J connectivity index is 2.39. The summed E-state index contributed by atoms with van der Waals surface area (Å²) >= 11 is 0. The highest BCUT2D eigenvalue weighted by atomic mass is 16.5. The predicted octanol–water partition coefficient (Wildman–Crippen LogP) is 1.95. The molecule has 0 bridgehead atoms. The fourth-order valence-electron chi connectivity index (χ4n) is 1.75. The van der Waals surface area contributed by atoms with E-state index in [1.165, 1.54) is 0 Å². The summed E-state index contributed by atoms with van der Waals surface area (Å²) in [6.45, 7) is 2.46. The largest absolute Gasteiger partial charge is 0.496 e. The van der Waals surface area contributed by atoms with Gasteiger partial charge in [0.05, 0.1) is 7.11 Å². The highest BCUT2D eigenvalue weighted by Gasteiger charge is 2.10. The van der Waals surface area contributed by atoms with Gasteiger partial charge in [-0.2, -0.15) is 5.10 Å². The first-order valence-corrected chi connectivity index (χ1v) is 5.69. The normalized spacial score (nSPS) is 10.7. The van der Waals surface area contributed by atoms with Crippen LogP contribution >= 0.6 is 0 Å². The van der Waals surface area contributed by atoms with E-state index >= 15 is 0 Å². The second-order valence-electron chi connectivity index (χ2n) is 4.09. The standard InChI is InChI=1S/C13H17N3O2/c1-9-5-6-10(7-11(9)18-4)13-14-12(8-17-3)16(2)15-13/h5-7H,8H2,1-4H3. The first kappa shape index (κ1) is 12.6. The molecule has 0 aliphatic rings. The van der Waals surface area contributed by atoms with Gasteiger partial charge in [-0.05, 0) is 18.6 Å². The molecule has 0 unspecified atom stereocenters. The van der Waals surface area contributed by atoms with Crippen molar-refractivity contribution in [2.45, 2.75) is 13.5 Å². The van der Waals surface area contributed by atoms with Gasteiger partial charge in [0.2, 0.25) is 0 Å². The van der Waals surface area contributed by atoms with Crippen molar-refractivity contribution < 1.29 is 9.47 Å². The van der Waals surface area contributed by atoms with Crippen LogP contribution in [0.1, 0.15) is 11.4 Å². The topological polar surface area (TPSA) is 49.2 Å². The summed E-state index contributed by atoms with van der Waals surface area (Å²) in [4.78, 5) is 4.45. The number of hydrogen-bond donors (Lipinski definition) is 0. The molecule has 0 atom stereocenters. The van der Waals surface area contributed by atoms with Crippen LogP contribution in [0.25, 0.3) is 11.4 Å². The van der Waals surface area contributed by atoms with E-state index in [0.29, 0.717) is 12.4 Å². The summed E-state index contributed by atoms with van der Waals surface area (Å²) in [6, 6.07) is 5.94. The molecule has 0 saturated carbocycles. The molecule has 1 heterocycles. The lowest BCUT2D eigenvalue weighted by Crippen LogP contribution is -2.00. The number of aromatic nitrogens is 3. The van der Waals surface area contributed by atoms with Crippen LogP contribution in [0.4, 0.5) is 0 Å². The average molecular weight is 247 g/mol. The molecular formula is C13H17N3O2. The van der Waals surface area contributed by atoms with E-state index in [9.17, 15) is 0 Å². The molecule has 96 valence electrons. The van der Waals surface area contributed by atoms with Gasteiger partial charge >= 0.3 is 0 Å².